The van der Waals surface area contributed by atoms with E-state index < -0.39 is 11.7 Å². The number of aromatic nitrogens is 1. The van der Waals surface area contributed by atoms with Gasteiger partial charge >= 0.3 is 6.18 Å². The van der Waals surface area contributed by atoms with Crippen LogP contribution in [-0.4, -0.2) is 4.57 Å². The van der Waals surface area contributed by atoms with Gasteiger partial charge in [0.15, 0.2) is 0 Å². The Bertz CT molecular complexity index is 272. The van der Waals surface area contributed by atoms with Crippen LogP contribution in [0, 0.1) is 0 Å². The fourth-order valence-electron chi connectivity index (χ4n) is 1.18. The summed E-state index contributed by atoms with van der Waals surface area (Å²) in [5.41, 5.74) is -0.169. The van der Waals surface area contributed by atoms with E-state index in [1.54, 1.807) is 14.0 Å². The van der Waals surface area contributed by atoms with E-state index in [-0.39, 0.29) is 0 Å². The average Bonchev–Trinajstić information content (AvgIpc) is 2.29. The summed E-state index contributed by atoms with van der Waals surface area (Å²) in [5.74, 6) is 0. The van der Waals surface area contributed by atoms with E-state index >= 15 is 0 Å². The zero-order valence-corrected chi connectivity index (χ0v) is 6.94. The van der Waals surface area contributed by atoms with Gasteiger partial charge in [-0.15, -0.1) is 0 Å². The molecule has 0 aliphatic rings. The van der Waals surface area contributed by atoms with Gasteiger partial charge in [0.05, 0.1) is 5.56 Å². The smallest absolute Gasteiger partial charge is 0.356 e. The number of aryl methyl sites for hydroxylation is 2. The fourth-order valence-corrected chi connectivity index (χ4v) is 1.18. The van der Waals surface area contributed by atoms with Crippen LogP contribution in [0.4, 0.5) is 13.2 Å². The molecule has 1 aromatic heterocycles. The zero-order chi connectivity index (χ0) is 9.35. The fraction of sp³-hybridized carbons (Fsp3) is 0.500. The largest absolute Gasteiger partial charge is 0.418 e. The lowest BCUT2D eigenvalue weighted by molar-refractivity contribution is -0.138. The molecule has 0 atom stereocenters. The molecule has 68 valence electrons. The Morgan fingerprint density at radius 2 is 1.92 bits per heavy atom. The first-order valence-electron chi connectivity index (χ1n) is 3.67. The van der Waals surface area contributed by atoms with Gasteiger partial charge < -0.3 is 4.57 Å². The summed E-state index contributed by atoms with van der Waals surface area (Å²) in [6, 6.07) is 0. The van der Waals surface area contributed by atoms with Gasteiger partial charge in [-0.3, -0.25) is 0 Å². The van der Waals surface area contributed by atoms with Gasteiger partial charge in [0.2, 0.25) is 0 Å². The molecule has 0 amide bonds. The summed E-state index contributed by atoms with van der Waals surface area (Å²) >= 11 is 0. The van der Waals surface area contributed by atoms with Crippen LogP contribution in [0.3, 0.4) is 0 Å². The van der Waals surface area contributed by atoms with Crippen molar-refractivity contribution in [3.05, 3.63) is 23.5 Å². The highest BCUT2D eigenvalue weighted by atomic mass is 19.4. The molecule has 0 N–H and O–H groups in total. The van der Waals surface area contributed by atoms with E-state index in [9.17, 15) is 13.2 Å². The van der Waals surface area contributed by atoms with Crippen molar-refractivity contribution in [3.63, 3.8) is 0 Å². The monoisotopic (exact) mass is 177 g/mol. The zero-order valence-electron chi connectivity index (χ0n) is 6.94. The summed E-state index contributed by atoms with van der Waals surface area (Å²) in [6.45, 7) is 1.71. The number of hydrogen-bond donors (Lipinski definition) is 0. The van der Waals surface area contributed by atoms with E-state index in [0.29, 0.717) is 12.0 Å². The maximum absolute atomic E-state index is 12.2. The summed E-state index contributed by atoms with van der Waals surface area (Å²) < 4.78 is 38.1. The van der Waals surface area contributed by atoms with Gasteiger partial charge in [-0.25, -0.2) is 0 Å². The number of alkyl halides is 3. The van der Waals surface area contributed by atoms with Crippen LogP contribution in [0.5, 0.6) is 0 Å². The molecule has 0 saturated carbocycles. The Morgan fingerprint density at radius 3 is 2.25 bits per heavy atom. The summed E-state index contributed by atoms with van der Waals surface area (Å²) in [4.78, 5) is 0. The third-order valence-electron chi connectivity index (χ3n) is 1.72. The second kappa shape index (κ2) is 2.84. The first-order valence-corrected chi connectivity index (χ1v) is 3.67. The Labute approximate surface area is 68.8 Å². The lowest BCUT2D eigenvalue weighted by Crippen LogP contribution is -2.06. The summed E-state index contributed by atoms with van der Waals surface area (Å²) in [5, 5.41) is 0. The second-order valence-corrected chi connectivity index (χ2v) is 2.71. The van der Waals surface area contributed by atoms with Crippen LogP contribution < -0.4 is 0 Å². The topological polar surface area (TPSA) is 4.93 Å². The average molecular weight is 177 g/mol. The van der Waals surface area contributed by atoms with Crippen molar-refractivity contribution in [1.82, 2.24) is 4.57 Å². The molecule has 12 heavy (non-hydrogen) atoms. The van der Waals surface area contributed by atoms with Crippen molar-refractivity contribution in [2.75, 3.05) is 0 Å². The Kier molecular flexibility index (Phi) is 2.17. The van der Waals surface area contributed by atoms with Crippen LogP contribution in [0.1, 0.15) is 18.1 Å². The molecule has 1 nitrogen and oxygen atoms in total. The maximum atomic E-state index is 12.2. The molecule has 4 heteroatoms. The van der Waals surface area contributed by atoms with Gasteiger partial charge in [-0.05, 0) is 12.0 Å². The maximum Gasteiger partial charge on any atom is 0.418 e. The van der Waals surface area contributed by atoms with E-state index in [1.165, 1.54) is 10.8 Å². The Balaban J connectivity index is 3.13. The predicted molar refractivity (Wildman–Crippen MR) is 39.8 cm³/mol. The molecule has 0 aromatic carbocycles. The number of halogens is 3. The highest BCUT2D eigenvalue weighted by Crippen LogP contribution is 2.32. The molecule has 0 saturated heterocycles. The van der Waals surface area contributed by atoms with Gasteiger partial charge in [-0.1, -0.05) is 6.92 Å². The van der Waals surface area contributed by atoms with E-state index in [2.05, 4.69) is 0 Å². The molecule has 0 unspecified atom stereocenters. The standard InChI is InChI=1S/C8H10F3N/c1-3-6-4-12(2)5-7(6)8(9,10)11/h4-5H,3H2,1-2H3. The van der Waals surface area contributed by atoms with Crippen LogP contribution in [0.25, 0.3) is 0 Å². The minimum absolute atomic E-state index is 0.352. The normalized spacial score (nSPS) is 12.1. The highest BCUT2D eigenvalue weighted by Gasteiger charge is 2.33. The Hall–Kier alpha value is -0.930. The Morgan fingerprint density at radius 1 is 1.33 bits per heavy atom. The van der Waals surface area contributed by atoms with Crippen LogP contribution in [-0.2, 0) is 19.6 Å². The molecule has 0 aliphatic heterocycles. The molecule has 1 rings (SSSR count). The van der Waals surface area contributed by atoms with Crippen molar-refractivity contribution < 1.29 is 13.2 Å². The van der Waals surface area contributed by atoms with Crippen LogP contribution in [0.2, 0.25) is 0 Å². The summed E-state index contributed by atoms with van der Waals surface area (Å²) in [6.07, 6.45) is -1.19. The van der Waals surface area contributed by atoms with Gasteiger partial charge in [-0.2, -0.15) is 13.2 Å². The minimum Gasteiger partial charge on any atom is -0.356 e. The molecule has 0 aliphatic carbocycles. The molecule has 0 radical (unpaired) electrons. The molecule has 1 aromatic rings. The van der Waals surface area contributed by atoms with Crippen LogP contribution in [0.15, 0.2) is 12.4 Å². The molecular formula is C8H10F3N. The van der Waals surface area contributed by atoms with Crippen molar-refractivity contribution in [1.29, 1.82) is 0 Å². The SMILES string of the molecule is CCc1cn(C)cc1C(F)(F)F. The van der Waals surface area contributed by atoms with Crippen LogP contribution >= 0.6 is 0 Å². The van der Waals surface area contributed by atoms with Gasteiger partial charge in [0.25, 0.3) is 0 Å². The first-order chi connectivity index (χ1) is 5.45. The molecular weight excluding hydrogens is 167 g/mol. The van der Waals surface area contributed by atoms with Crippen molar-refractivity contribution in [2.45, 2.75) is 19.5 Å². The second-order valence-electron chi connectivity index (χ2n) is 2.71. The predicted octanol–water partition coefficient (Wildman–Crippen LogP) is 2.61. The third-order valence-corrected chi connectivity index (χ3v) is 1.72. The first kappa shape index (κ1) is 9.16. The third kappa shape index (κ3) is 1.62. The number of rotatable bonds is 1. The number of hydrogen-bond acceptors (Lipinski definition) is 0. The lowest BCUT2D eigenvalue weighted by atomic mass is 10.1. The number of nitrogens with zero attached hydrogens (tertiary/aromatic N) is 1. The van der Waals surface area contributed by atoms with E-state index in [1.807, 2.05) is 0 Å². The van der Waals surface area contributed by atoms with Gasteiger partial charge in [0.1, 0.15) is 0 Å². The molecule has 1 heterocycles. The quantitative estimate of drug-likeness (QED) is 0.621. The highest BCUT2D eigenvalue weighted by molar-refractivity contribution is 5.26. The lowest BCUT2D eigenvalue weighted by Gasteiger charge is -2.05. The van der Waals surface area contributed by atoms with Crippen molar-refractivity contribution in [2.24, 2.45) is 7.05 Å². The van der Waals surface area contributed by atoms with Crippen molar-refractivity contribution in [3.8, 4) is 0 Å². The van der Waals surface area contributed by atoms with E-state index in [0.717, 1.165) is 6.20 Å². The molecule has 0 fully saturated rings. The molecule has 0 spiro atoms. The van der Waals surface area contributed by atoms with Gasteiger partial charge in [0, 0.05) is 19.4 Å². The minimum atomic E-state index is -4.22. The summed E-state index contributed by atoms with van der Waals surface area (Å²) in [7, 11) is 1.59. The van der Waals surface area contributed by atoms with E-state index in [4.69, 9.17) is 0 Å². The van der Waals surface area contributed by atoms with Crippen molar-refractivity contribution >= 4 is 0 Å². The molecule has 0 bridgehead atoms.